The molecule has 0 aliphatic carbocycles. The van der Waals surface area contributed by atoms with E-state index in [-0.39, 0.29) is 0 Å². The Morgan fingerprint density at radius 3 is 1.77 bits per heavy atom. The molecule has 0 saturated carbocycles. The number of nitrogens with two attached hydrogens (primary N) is 1. The highest BCUT2D eigenvalue weighted by molar-refractivity contribution is 4.84. The van der Waals surface area contributed by atoms with Crippen LogP contribution in [0.3, 0.4) is 0 Å². The molecule has 0 bridgehead atoms. The van der Waals surface area contributed by atoms with E-state index in [1.54, 1.807) is 0 Å². The number of hydrogen-bond acceptors (Lipinski definition) is 6. The van der Waals surface area contributed by atoms with E-state index in [2.05, 4.69) is 0 Å². The molecule has 0 fully saturated rings. The average Bonchev–Trinajstić information content (AvgIpc) is 2.12. The van der Waals surface area contributed by atoms with Crippen LogP contribution >= 0.6 is 0 Å². The van der Waals surface area contributed by atoms with E-state index in [0.29, 0.717) is 0 Å². The fraction of sp³-hybridized carbons (Fsp3) is 1.00. The monoisotopic (exact) mass is 195 g/mol. The minimum atomic E-state index is -1.61. The molecule has 6 heteroatoms. The highest BCUT2D eigenvalue weighted by atomic mass is 16.4. The lowest BCUT2D eigenvalue weighted by Gasteiger charge is -2.27. The average molecular weight is 195 g/mol. The number of rotatable bonds is 5. The summed E-state index contributed by atoms with van der Waals surface area (Å²) in [5.41, 5.74) is 5.25. The van der Waals surface area contributed by atoms with Crippen LogP contribution in [-0.2, 0) is 0 Å². The lowest BCUT2D eigenvalue weighted by atomic mass is 9.99. The van der Waals surface area contributed by atoms with E-state index in [9.17, 15) is 10.2 Å². The summed E-state index contributed by atoms with van der Waals surface area (Å²) in [6.07, 6.45) is -5.99. The summed E-state index contributed by atoms with van der Waals surface area (Å²) in [7, 11) is 0. The van der Waals surface area contributed by atoms with E-state index < -0.39 is 37.1 Å². The summed E-state index contributed by atoms with van der Waals surface area (Å²) < 4.78 is 0. The molecule has 7 N–H and O–H groups in total. The summed E-state index contributed by atoms with van der Waals surface area (Å²) in [5.74, 6) is 0. The summed E-state index contributed by atoms with van der Waals surface area (Å²) >= 11 is 0. The molecule has 0 saturated heterocycles. The molecule has 0 heterocycles. The van der Waals surface area contributed by atoms with Gasteiger partial charge >= 0.3 is 0 Å². The van der Waals surface area contributed by atoms with Crippen molar-refractivity contribution >= 4 is 0 Å². The number of aliphatic hydroxyl groups excluding tert-OH is 5. The first kappa shape index (κ1) is 12.8. The maximum Gasteiger partial charge on any atom is 0.111 e. The van der Waals surface area contributed by atoms with Gasteiger partial charge in [-0.05, 0) is 6.92 Å². The molecule has 0 aromatic rings. The third kappa shape index (κ3) is 3.55. The topological polar surface area (TPSA) is 127 Å². The van der Waals surface area contributed by atoms with E-state index in [1.807, 2.05) is 0 Å². The Balaban J connectivity index is 4.15. The minimum absolute atomic E-state index is 0.691. The lowest BCUT2D eigenvalue weighted by molar-refractivity contribution is -0.118. The van der Waals surface area contributed by atoms with Crippen molar-refractivity contribution in [3.63, 3.8) is 0 Å². The predicted molar refractivity (Wildman–Crippen MR) is 44.8 cm³/mol. The van der Waals surface area contributed by atoms with Crippen molar-refractivity contribution in [2.45, 2.75) is 37.4 Å². The molecule has 0 aliphatic heterocycles. The zero-order valence-corrected chi connectivity index (χ0v) is 7.41. The van der Waals surface area contributed by atoms with Gasteiger partial charge in [-0.1, -0.05) is 0 Å². The van der Waals surface area contributed by atoms with Crippen molar-refractivity contribution in [3.05, 3.63) is 0 Å². The van der Waals surface area contributed by atoms with Gasteiger partial charge in [-0.3, -0.25) is 0 Å². The van der Waals surface area contributed by atoms with Crippen molar-refractivity contribution in [1.29, 1.82) is 0 Å². The van der Waals surface area contributed by atoms with Gasteiger partial charge in [0.1, 0.15) is 18.3 Å². The molecule has 0 spiro atoms. The largest absolute Gasteiger partial charge is 0.394 e. The molecule has 5 atom stereocenters. The second kappa shape index (κ2) is 5.48. The lowest BCUT2D eigenvalue weighted by Crippen LogP contribution is -2.51. The zero-order chi connectivity index (χ0) is 10.6. The van der Waals surface area contributed by atoms with E-state index in [0.717, 1.165) is 0 Å². The third-order valence-electron chi connectivity index (χ3n) is 1.82. The second-order valence-electron chi connectivity index (χ2n) is 3.08. The van der Waals surface area contributed by atoms with Crippen LogP contribution in [0.4, 0.5) is 0 Å². The van der Waals surface area contributed by atoms with Crippen molar-refractivity contribution in [3.8, 4) is 0 Å². The smallest absolute Gasteiger partial charge is 0.111 e. The molecular formula is C7H17NO5. The van der Waals surface area contributed by atoms with Crippen molar-refractivity contribution in [1.82, 2.24) is 0 Å². The van der Waals surface area contributed by atoms with Crippen LogP contribution in [0, 0.1) is 0 Å². The SMILES string of the molecule is CC(N)C(O)C(O)C(O)C(O)CO. The Kier molecular flexibility index (Phi) is 5.38. The van der Waals surface area contributed by atoms with Gasteiger partial charge in [-0.25, -0.2) is 0 Å². The summed E-state index contributed by atoms with van der Waals surface area (Å²) in [6.45, 7) is 0.760. The molecule has 0 rings (SSSR count). The van der Waals surface area contributed by atoms with Gasteiger partial charge in [0.15, 0.2) is 0 Å². The molecule has 6 nitrogen and oxygen atoms in total. The number of hydrogen-bond donors (Lipinski definition) is 6. The highest BCUT2D eigenvalue weighted by Gasteiger charge is 2.31. The summed E-state index contributed by atoms with van der Waals surface area (Å²) in [6, 6.07) is -0.726. The van der Waals surface area contributed by atoms with Crippen LogP contribution < -0.4 is 5.73 Å². The van der Waals surface area contributed by atoms with E-state index in [4.69, 9.17) is 21.1 Å². The van der Waals surface area contributed by atoms with Gasteiger partial charge < -0.3 is 31.3 Å². The van der Waals surface area contributed by atoms with Crippen molar-refractivity contribution in [2.75, 3.05) is 6.61 Å². The van der Waals surface area contributed by atoms with Gasteiger partial charge in [-0.2, -0.15) is 0 Å². The maximum absolute atomic E-state index is 9.21. The van der Waals surface area contributed by atoms with E-state index in [1.165, 1.54) is 6.92 Å². The molecule has 13 heavy (non-hydrogen) atoms. The highest BCUT2D eigenvalue weighted by Crippen LogP contribution is 2.06. The summed E-state index contributed by atoms with van der Waals surface area (Å²) in [5, 5.41) is 44.9. The van der Waals surface area contributed by atoms with Crippen LogP contribution in [-0.4, -0.2) is 62.6 Å². The fourth-order valence-electron chi connectivity index (χ4n) is 0.849. The maximum atomic E-state index is 9.21. The molecule has 0 amide bonds. The summed E-state index contributed by atoms with van der Waals surface area (Å²) in [4.78, 5) is 0. The van der Waals surface area contributed by atoms with Crippen LogP contribution in [0.5, 0.6) is 0 Å². The fourth-order valence-corrected chi connectivity index (χ4v) is 0.849. The van der Waals surface area contributed by atoms with Gasteiger partial charge in [0.2, 0.25) is 0 Å². The molecule has 0 aromatic carbocycles. The Hall–Kier alpha value is -0.240. The molecule has 0 aliphatic rings. The first-order valence-electron chi connectivity index (χ1n) is 4.00. The Labute approximate surface area is 76.2 Å². The predicted octanol–water partition coefficient (Wildman–Crippen LogP) is -3.23. The minimum Gasteiger partial charge on any atom is -0.394 e. The molecule has 0 radical (unpaired) electrons. The normalized spacial score (nSPS) is 23.3. The second-order valence-corrected chi connectivity index (χ2v) is 3.08. The van der Waals surface area contributed by atoms with Gasteiger partial charge in [-0.15, -0.1) is 0 Å². The van der Waals surface area contributed by atoms with Crippen molar-refractivity contribution < 1.29 is 25.5 Å². The van der Waals surface area contributed by atoms with E-state index >= 15 is 0 Å². The zero-order valence-electron chi connectivity index (χ0n) is 7.41. The standard InChI is InChI=1S/C7H17NO5/c1-3(8)5(11)7(13)6(12)4(10)2-9/h3-7,9-13H,2,8H2,1H3. The van der Waals surface area contributed by atoms with Gasteiger partial charge in [0, 0.05) is 6.04 Å². The molecule has 0 aromatic heterocycles. The molecular weight excluding hydrogens is 178 g/mol. The van der Waals surface area contributed by atoms with Gasteiger partial charge in [0.05, 0.1) is 12.7 Å². The first-order valence-corrected chi connectivity index (χ1v) is 4.00. The van der Waals surface area contributed by atoms with Crippen LogP contribution in [0.2, 0.25) is 0 Å². The molecule has 80 valence electrons. The van der Waals surface area contributed by atoms with Crippen LogP contribution in [0.25, 0.3) is 0 Å². The van der Waals surface area contributed by atoms with Gasteiger partial charge in [0.25, 0.3) is 0 Å². The number of aliphatic hydroxyl groups is 5. The Morgan fingerprint density at radius 2 is 1.46 bits per heavy atom. The van der Waals surface area contributed by atoms with Crippen molar-refractivity contribution in [2.24, 2.45) is 5.73 Å². The first-order chi connectivity index (χ1) is 5.91. The van der Waals surface area contributed by atoms with Crippen LogP contribution in [0.15, 0.2) is 0 Å². The third-order valence-corrected chi connectivity index (χ3v) is 1.82. The quantitative estimate of drug-likeness (QED) is 0.274. The Morgan fingerprint density at radius 1 is 1.00 bits per heavy atom. The Bertz CT molecular complexity index is 143. The molecule has 5 unspecified atom stereocenters. The van der Waals surface area contributed by atoms with Crippen LogP contribution in [0.1, 0.15) is 6.92 Å².